The molecule has 1 saturated carbocycles. The summed E-state index contributed by atoms with van der Waals surface area (Å²) >= 11 is 0. The second-order valence-electron chi connectivity index (χ2n) is 5.79. The number of anilines is 1. The Morgan fingerprint density at radius 3 is 2.17 bits per heavy atom. The first-order chi connectivity index (χ1) is 11.2. The van der Waals surface area contributed by atoms with E-state index >= 15 is 0 Å². The Morgan fingerprint density at radius 2 is 1.57 bits per heavy atom. The van der Waals surface area contributed by atoms with E-state index in [9.17, 15) is 9.59 Å². The number of carbonyl (C=O) groups is 2. The summed E-state index contributed by atoms with van der Waals surface area (Å²) in [6.45, 7) is 0.528. The predicted octanol–water partition coefficient (Wildman–Crippen LogP) is 2.75. The largest absolute Gasteiger partial charge is 0.347 e. The van der Waals surface area contributed by atoms with Gasteiger partial charge in [-0.1, -0.05) is 48.5 Å². The summed E-state index contributed by atoms with van der Waals surface area (Å²) in [4.78, 5) is 26.1. The van der Waals surface area contributed by atoms with Gasteiger partial charge >= 0.3 is 0 Å². The lowest BCUT2D eigenvalue weighted by atomic mass is 10.2. The minimum Gasteiger partial charge on any atom is -0.347 e. The first-order valence-corrected chi connectivity index (χ1v) is 7.91. The molecule has 2 aromatic carbocycles. The van der Waals surface area contributed by atoms with Gasteiger partial charge in [0.15, 0.2) is 0 Å². The zero-order valence-electron chi connectivity index (χ0n) is 12.9. The lowest BCUT2D eigenvalue weighted by molar-refractivity contribution is -0.125. The van der Waals surface area contributed by atoms with Gasteiger partial charge in [-0.2, -0.15) is 0 Å². The van der Waals surface area contributed by atoms with Crippen LogP contribution in [-0.2, 0) is 16.1 Å². The lowest BCUT2D eigenvalue weighted by Gasteiger charge is -2.23. The molecular formula is C19H20N2O2. The SMILES string of the molecule is O=C(NCC(=O)N(Cc1ccccc1)c1ccccc1)C1CC1. The summed E-state index contributed by atoms with van der Waals surface area (Å²) in [5.41, 5.74) is 1.89. The third kappa shape index (κ3) is 4.19. The molecule has 0 radical (unpaired) electrons. The Labute approximate surface area is 136 Å². The van der Waals surface area contributed by atoms with Gasteiger partial charge in [0.05, 0.1) is 13.1 Å². The Bertz CT molecular complexity index is 666. The van der Waals surface area contributed by atoms with Gasteiger partial charge in [0.1, 0.15) is 0 Å². The number of nitrogens with one attached hydrogen (secondary N) is 1. The Balaban J connectivity index is 1.71. The van der Waals surface area contributed by atoms with E-state index in [1.165, 1.54) is 0 Å². The molecule has 1 aliphatic rings. The van der Waals surface area contributed by atoms with Gasteiger partial charge in [0, 0.05) is 11.6 Å². The van der Waals surface area contributed by atoms with Crippen molar-refractivity contribution >= 4 is 17.5 Å². The minimum atomic E-state index is -0.103. The van der Waals surface area contributed by atoms with E-state index < -0.39 is 0 Å². The summed E-state index contributed by atoms with van der Waals surface area (Å²) in [5, 5.41) is 2.75. The third-order valence-corrected chi connectivity index (χ3v) is 3.91. The Morgan fingerprint density at radius 1 is 0.957 bits per heavy atom. The monoisotopic (exact) mass is 308 g/mol. The quantitative estimate of drug-likeness (QED) is 0.892. The number of nitrogens with zero attached hydrogens (tertiary/aromatic N) is 1. The fraction of sp³-hybridized carbons (Fsp3) is 0.263. The maximum Gasteiger partial charge on any atom is 0.246 e. The van der Waals surface area contributed by atoms with Crippen LogP contribution in [0.15, 0.2) is 60.7 Å². The molecule has 1 aliphatic carbocycles. The molecule has 4 nitrogen and oxygen atoms in total. The van der Waals surface area contributed by atoms with E-state index in [0.29, 0.717) is 6.54 Å². The molecule has 0 aliphatic heterocycles. The zero-order chi connectivity index (χ0) is 16.1. The van der Waals surface area contributed by atoms with Crippen molar-refractivity contribution in [2.24, 2.45) is 5.92 Å². The van der Waals surface area contributed by atoms with E-state index in [1.54, 1.807) is 4.90 Å². The zero-order valence-corrected chi connectivity index (χ0v) is 12.9. The molecule has 2 amide bonds. The summed E-state index contributed by atoms with van der Waals surface area (Å²) in [7, 11) is 0. The van der Waals surface area contributed by atoms with Crippen LogP contribution in [0.25, 0.3) is 0 Å². The summed E-state index contributed by atoms with van der Waals surface area (Å²) in [5.74, 6) is 0.00206. The standard InChI is InChI=1S/C19H20N2O2/c22-18(13-20-19(23)16-11-12-16)21(17-9-5-2-6-10-17)14-15-7-3-1-4-8-15/h1-10,16H,11-14H2,(H,20,23). The molecule has 0 bridgehead atoms. The second-order valence-corrected chi connectivity index (χ2v) is 5.79. The maximum atomic E-state index is 12.6. The highest BCUT2D eigenvalue weighted by molar-refractivity contribution is 5.97. The Hall–Kier alpha value is -2.62. The van der Waals surface area contributed by atoms with Crippen LogP contribution in [0.5, 0.6) is 0 Å². The fourth-order valence-electron chi connectivity index (χ4n) is 2.45. The lowest BCUT2D eigenvalue weighted by Crippen LogP contribution is -2.40. The van der Waals surface area contributed by atoms with Crippen LogP contribution < -0.4 is 10.2 Å². The molecule has 1 N–H and O–H groups in total. The summed E-state index contributed by atoms with van der Waals surface area (Å²) in [6.07, 6.45) is 1.87. The molecule has 2 aromatic rings. The number of hydrogen-bond acceptors (Lipinski definition) is 2. The highest BCUT2D eigenvalue weighted by atomic mass is 16.2. The van der Waals surface area contributed by atoms with Crippen molar-refractivity contribution in [1.29, 1.82) is 0 Å². The molecule has 0 heterocycles. The normalized spacial score (nSPS) is 13.4. The van der Waals surface area contributed by atoms with Crippen molar-refractivity contribution in [2.75, 3.05) is 11.4 Å². The van der Waals surface area contributed by atoms with E-state index in [-0.39, 0.29) is 24.3 Å². The molecule has 23 heavy (non-hydrogen) atoms. The van der Waals surface area contributed by atoms with Gasteiger partial charge in [0.2, 0.25) is 11.8 Å². The van der Waals surface area contributed by atoms with E-state index in [2.05, 4.69) is 5.32 Å². The average Bonchev–Trinajstić information content (AvgIpc) is 3.44. The van der Waals surface area contributed by atoms with Gasteiger partial charge in [-0.15, -0.1) is 0 Å². The van der Waals surface area contributed by atoms with Crippen molar-refractivity contribution in [3.05, 3.63) is 66.2 Å². The fourth-order valence-corrected chi connectivity index (χ4v) is 2.45. The first kappa shape index (κ1) is 15.3. The summed E-state index contributed by atoms with van der Waals surface area (Å²) < 4.78 is 0. The van der Waals surface area contributed by atoms with Gasteiger partial charge < -0.3 is 10.2 Å². The van der Waals surface area contributed by atoms with Crippen LogP contribution in [-0.4, -0.2) is 18.4 Å². The molecule has 0 aromatic heterocycles. The second kappa shape index (κ2) is 7.09. The van der Waals surface area contributed by atoms with Crippen molar-refractivity contribution in [1.82, 2.24) is 5.32 Å². The summed E-state index contributed by atoms with van der Waals surface area (Å²) in [6, 6.07) is 19.4. The van der Waals surface area contributed by atoms with Crippen LogP contribution in [0, 0.1) is 5.92 Å². The molecule has 0 unspecified atom stereocenters. The van der Waals surface area contributed by atoms with Crippen molar-refractivity contribution in [2.45, 2.75) is 19.4 Å². The van der Waals surface area contributed by atoms with Crippen molar-refractivity contribution in [3.63, 3.8) is 0 Å². The topological polar surface area (TPSA) is 49.4 Å². The van der Waals surface area contributed by atoms with Crippen LogP contribution in [0.3, 0.4) is 0 Å². The van der Waals surface area contributed by atoms with Crippen LogP contribution >= 0.6 is 0 Å². The molecule has 1 fully saturated rings. The van der Waals surface area contributed by atoms with Gasteiger partial charge in [-0.05, 0) is 30.5 Å². The van der Waals surface area contributed by atoms with Crippen LogP contribution in [0.1, 0.15) is 18.4 Å². The number of hydrogen-bond donors (Lipinski definition) is 1. The number of amides is 2. The first-order valence-electron chi connectivity index (χ1n) is 7.91. The third-order valence-electron chi connectivity index (χ3n) is 3.91. The number of rotatable bonds is 6. The molecular weight excluding hydrogens is 288 g/mol. The Kier molecular flexibility index (Phi) is 4.71. The molecule has 118 valence electrons. The van der Waals surface area contributed by atoms with Gasteiger partial charge in [-0.3, -0.25) is 9.59 Å². The van der Waals surface area contributed by atoms with Crippen molar-refractivity contribution in [3.8, 4) is 0 Å². The van der Waals surface area contributed by atoms with Gasteiger partial charge in [0.25, 0.3) is 0 Å². The highest BCUT2D eigenvalue weighted by Gasteiger charge is 2.30. The van der Waals surface area contributed by atoms with Gasteiger partial charge in [-0.25, -0.2) is 0 Å². The van der Waals surface area contributed by atoms with Crippen molar-refractivity contribution < 1.29 is 9.59 Å². The predicted molar refractivity (Wildman–Crippen MR) is 89.8 cm³/mol. The average molecular weight is 308 g/mol. The van der Waals surface area contributed by atoms with Crippen LogP contribution in [0.2, 0.25) is 0 Å². The number of para-hydroxylation sites is 1. The smallest absolute Gasteiger partial charge is 0.246 e. The maximum absolute atomic E-state index is 12.6. The molecule has 0 spiro atoms. The molecule has 0 atom stereocenters. The number of carbonyl (C=O) groups excluding carboxylic acids is 2. The molecule has 3 rings (SSSR count). The highest BCUT2D eigenvalue weighted by Crippen LogP contribution is 2.28. The van der Waals surface area contributed by atoms with E-state index in [1.807, 2.05) is 60.7 Å². The number of benzene rings is 2. The molecule has 0 saturated heterocycles. The van der Waals surface area contributed by atoms with E-state index in [4.69, 9.17) is 0 Å². The minimum absolute atomic E-state index is 0.00827. The molecule has 4 heteroatoms. The van der Waals surface area contributed by atoms with Crippen LogP contribution in [0.4, 0.5) is 5.69 Å². The van der Waals surface area contributed by atoms with E-state index in [0.717, 1.165) is 24.1 Å².